The number of benzene rings is 1. The number of aliphatic hydroxyl groups excluding tert-OH is 1. The van der Waals surface area contributed by atoms with Crippen LogP contribution in [0.1, 0.15) is 17.2 Å². The molecule has 0 aliphatic carbocycles. The van der Waals surface area contributed by atoms with Crippen molar-refractivity contribution in [1.29, 1.82) is 0 Å². The monoisotopic (exact) mass is 258 g/mol. The summed E-state index contributed by atoms with van der Waals surface area (Å²) in [5, 5.41) is 9.82. The first kappa shape index (κ1) is 12.6. The first-order chi connectivity index (χ1) is 8.38. The van der Waals surface area contributed by atoms with Crippen LogP contribution in [0.4, 0.5) is 13.2 Å². The molecule has 2 atom stereocenters. The van der Waals surface area contributed by atoms with Crippen LogP contribution in [0, 0.1) is 0 Å². The number of hydrogen-bond donors (Lipinski definition) is 1. The molecule has 0 radical (unpaired) electrons. The van der Waals surface area contributed by atoms with Gasteiger partial charge < -0.3 is 9.84 Å². The number of rotatable bonds is 2. The van der Waals surface area contributed by atoms with Crippen LogP contribution in [0.2, 0.25) is 0 Å². The molecule has 1 aromatic carbocycles. The van der Waals surface area contributed by atoms with E-state index in [0.717, 1.165) is 30.3 Å². The summed E-state index contributed by atoms with van der Waals surface area (Å²) >= 11 is 0. The van der Waals surface area contributed by atoms with Crippen LogP contribution in [0.15, 0.2) is 36.4 Å². The third-order valence-electron chi connectivity index (χ3n) is 2.56. The maximum atomic E-state index is 12.3. The Hall–Kier alpha value is -1.82. The molecule has 0 fully saturated rings. The molecule has 0 bridgehead atoms. The maximum absolute atomic E-state index is 12.3. The lowest BCUT2D eigenvalue weighted by Gasteiger charge is -2.17. The summed E-state index contributed by atoms with van der Waals surface area (Å²) in [6, 6.07) is 4.07. The van der Waals surface area contributed by atoms with Crippen molar-refractivity contribution in [3.05, 3.63) is 47.5 Å². The van der Waals surface area contributed by atoms with E-state index in [4.69, 9.17) is 4.74 Å². The van der Waals surface area contributed by atoms with Gasteiger partial charge in [-0.25, -0.2) is 4.79 Å². The van der Waals surface area contributed by atoms with Crippen molar-refractivity contribution in [2.45, 2.75) is 18.4 Å². The molecule has 2 rings (SSSR count). The Morgan fingerprint density at radius 1 is 1.22 bits per heavy atom. The molecular formula is C12H9F3O3. The Labute approximate surface area is 100 Å². The number of carbonyl (C=O) groups is 1. The van der Waals surface area contributed by atoms with Gasteiger partial charge in [-0.05, 0) is 23.8 Å². The van der Waals surface area contributed by atoms with Crippen molar-refractivity contribution >= 4 is 5.97 Å². The zero-order chi connectivity index (χ0) is 13.3. The first-order valence-corrected chi connectivity index (χ1v) is 5.12. The molecule has 0 unspecified atom stereocenters. The Balaban J connectivity index is 2.15. The molecule has 1 N–H and O–H groups in total. The summed E-state index contributed by atoms with van der Waals surface area (Å²) in [5.74, 6) is -0.578. The highest BCUT2D eigenvalue weighted by molar-refractivity contribution is 5.84. The molecule has 1 aromatic rings. The van der Waals surface area contributed by atoms with E-state index in [9.17, 15) is 23.1 Å². The van der Waals surface area contributed by atoms with E-state index in [2.05, 4.69) is 0 Å². The van der Waals surface area contributed by atoms with E-state index in [1.807, 2.05) is 0 Å². The maximum Gasteiger partial charge on any atom is 0.416 e. The summed E-state index contributed by atoms with van der Waals surface area (Å²) in [5.41, 5.74) is -0.537. The summed E-state index contributed by atoms with van der Waals surface area (Å²) in [6.07, 6.45) is -3.91. The number of esters is 1. The zero-order valence-corrected chi connectivity index (χ0v) is 9.02. The minimum atomic E-state index is -4.41. The van der Waals surface area contributed by atoms with Crippen molar-refractivity contribution in [2.24, 2.45) is 0 Å². The molecule has 0 saturated carbocycles. The van der Waals surface area contributed by atoms with Crippen LogP contribution in [0.3, 0.4) is 0 Å². The first-order valence-electron chi connectivity index (χ1n) is 5.12. The van der Waals surface area contributed by atoms with E-state index < -0.39 is 29.9 Å². The SMILES string of the molecule is O=C1C=C[C@H]([C@H](O)c2ccc(C(F)(F)F)cc2)O1. The van der Waals surface area contributed by atoms with E-state index in [-0.39, 0.29) is 5.56 Å². The number of carbonyl (C=O) groups excluding carboxylic acids is 1. The van der Waals surface area contributed by atoms with Crippen molar-refractivity contribution in [3.8, 4) is 0 Å². The third-order valence-corrected chi connectivity index (χ3v) is 2.56. The molecule has 6 heteroatoms. The Bertz CT molecular complexity index is 476. The van der Waals surface area contributed by atoms with Gasteiger partial charge >= 0.3 is 12.1 Å². The molecule has 0 saturated heterocycles. The number of alkyl halides is 3. The van der Waals surface area contributed by atoms with Crippen LogP contribution in [-0.2, 0) is 15.7 Å². The molecule has 0 aromatic heterocycles. The predicted octanol–water partition coefficient (Wildman–Crippen LogP) is 2.22. The second kappa shape index (κ2) is 4.45. The van der Waals surface area contributed by atoms with Gasteiger partial charge in [-0.2, -0.15) is 13.2 Å². The van der Waals surface area contributed by atoms with Crippen LogP contribution in [-0.4, -0.2) is 17.2 Å². The average Bonchev–Trinajstić information content (AvgIpc) is 2.74. The van der Waals surface area contributed by atoms with Gasteiger partial charge in [-0.15, -0.1) is 0 Å². The summed E-state index contributed by atoms with van der Waals surface area (Å²) in [7, 11) is 0. The summed E-state index contributed by atoms with van der Waals surface area (Å²) < 4.78 is 41.7. The van der Waals surface area contributed by atoms with Crippen molar-refractivity contribution < 1.29 is 27.8 Å². The second-order valence-corrected chi connectivity index (χ2v) is 3.83. The largest absolute Gasteiger partial charge is 0.452 e. The molecule has 1 heterocycles. The van der Waals surface area contributed by atoms with Gasteiger partial charge in [0.1, 0.15) is 6.10 Å². The van der Waals surface area contributed by atoms with Gasteiger partial charge in [0.15, 0.2) is 6.10 Å². The molecule has 0 amide bonds. The van der Waals surface area contributed by atoms with Crippen LogP contribution in [0.5, 0.6) is 0 Å². The number of halogens is 3. The molecular weight excluding hydrogens is 249 g/mol. The van der Waals surface area contributed by atoms with Crippen molar-refractivity contribution in [1.82, 2.24) is 0 Å². The van der Waals surface area contributed by atoms with E-state index in [1.165, 1.54) is 6.08 Å². The Kier molecular flexibility index (Phi) is 3.13. The van der Waals surface area contributed by atoms with Crippen LogP contribution < -0.4 is 0 Å². The van der Waals surface area contributed by atoms with E-state index in [1.54, 1.807) is 0 Å². The van der Waals surface area contributed by atoms with Gasteiger partial charge in [-0.1, -0.05) is 12.1 Å². The number of aliphatic hydroxyl groups is 1. The summed E-state index contributed by atoms with van der Waals surface area (Å²) in [6.45, 7) is 0. The Morgan fingerprint density at radius 2 is 1.83 bits per heavy atom. The number of hydrogen-bond acceptors (Lipinski definition) is 3. The quantitative estimate of drug-likeness (QED) is 0.827. The topological polar surface area (TPSA) is 46.5 Å². The minimum Gasteiger partial charge on any atom is -0.452 e. The molecule has 1 aliphatic heterocycles. The van der Waals surface area contributed by atoms with E-state index in [0.29, 0.717) is 0 Å². The molecule has 0 spiro atoms. The Morgan fingerprint density at radius 3 is 2.28 bits per heavy atom. The lowest BCUT2D eigenvalue weighted by Crippen LogP contribution is -2.18. The number of cyclic esters (lactones) is 1. The van der Waals surface area contributed by atoms with Gasteiger partial charge in [0.2, 0.25) is 0 Å². The molecule has 96 valence electrons. The normalized spacial score (nSPS) is 20.9. The smallest absolute Gasteiger partial charge is 0.416 e. The lowest BCUT2D eigenvalue weighted by molar-refractivity contribution is -0.142. The van der Waals surface area contributed by atoms with Gasteiger partial charge in [0.05, 0.1) is 5.56 Å². The van der Waals surface area contributed by atoms with Gasteiger partial charge in [0, 0.05) is 6.08 Å². The van der Waals surface area contributed by atoms with Crippen LogP contribution >= 0.6 is 0 Å². The molecule has 18 heavy (non-hydrogen) atoms. The highest BCUT2D eigenvalue weighted by Gasteiger charge is 2.31. The fourth-order valence-corrected chi connectivity index (χ4v) is 1.61. The highest BCUT2D eigenvalue weighted by atomic mass is 19.4. The average molecular weight is 258 g/mol. The fourth-order valence-electron chi connectivity index (χ4n) is 1.61. The van der Waals surface area contributed by atoms with Gasteiger partial charge in [-0.3, -0.25) is 0 Å². The zero-order valence-electron chi connectivity index (χ0n) is 9.02. The highest BCUT2D eigenvalue weighted by Crippen LogP contribution is 2.31. The van der Waals surface area contributed by atoms with E-state index >= 15 is 0 Å². The van der Waals surface area contributed by atoms with Crippen molar-refractivity contribution in [2.75, 3.05) is 0 Å². The molecule has 3 nitrogen and oxygen atoms in total. The third kappa shape index (κ3) is 2.53. The van der Waals surface area contributed by atoms with Crippen molar-refractivity contribution in [3.63, 3.8) is 0 Å². The second-order valence-electron chi connectivity index (χ2n) is 3.83. The van der Waals surface area contributed by atoms with Gasteiger partial charge in [0.25, 0.3) is 0 Å². The summed E-state index contributed by atoms with van der Waals surface area (Å²) in [4.78, 5) is 10.8. The lowest BCUT2D eigenvalue weighted by atomic mass is 10.0. The minimum absolute atomic E-state index is 0.257. The predicted molar refractivity (Wildman–Crippen MR) is 55.4 cm³/mol. The fraction of sp³-hybridized carbons (Fsp3) is 0.250. The number of ether oxygens (including phenoxy) is 1. The standard InChI is InChI=1S/C12H9F3O3/c13-12(14,15)8-3-1-7(2-4-8)11(17)9-5-6-10(16)18-9/h1-6,9,11,17H/t9-,11-/m1/s1. The van der Waals surface area contributed by atoms with Crippen LogP contribution in [0.25, 0.3) is 0 Å². The molecule has 1 aliphatic rings.